The lowest BCUT2D eigenvalue weighted by atomic mass is 10.1. The Hall–Kier alpha value is -1.35. The first kappa shape index (κ1) is 12.1. The van der Waals surface area contributed by atoms with Gasteiger partial charge in [0.25, 0.3) is 0 Å². The van der Waals surface area contributed by atoms with Crippen molar-refractivity contribution in [3.8, 4) is 0 Å². The molecule has 0 aliphatic rings. The van der Waals surface area contributed by atoms with Crippen LogP contribution in [-0.4, -0.2) is 21.3 Å². The van der Waals surface area contributed by atoms with Gasteiger partial charge < -0.3 is 9.67 Å². The molecule has 1 heterocycles. The van der Waals surface area contributed by atoms with E-state index in [-0.39, 0.29) is 6.61 Å². The predicted octanol–water partition coefficient (Wildman–Crippen LogP) is 2.62. The summed E-state index contributed by atoms with van der Waals surface area (Å²) in [6.45, 7) is 5.59. The molecule has 1 aromatic carbocycles. The minimum Gasteiger partial charge on any atom is -0.396 e. The lowest BCUT2D eigenvalue weighted by Crippen LogP contribution is -2.11. The van der Waals surface area contributed by atoms with Gasteiger partial charge in [-0.05, 0) is 18.1 Å². The fourth-order valence-corrected chi connectivity index (χ4v) is 2.06. The molecule has 0 amide bonds. The molecule has 0 spiro atoms. The molecule has 0 saturated carbocycles. The molecule has 92 valence electrons. The number of fused-ring (bicyclic) bond motifs is 1. The summed E-state index contributed by atoms with van der Waals surface area (Å²) in [5.74, 6) is 1.62. The molecular weight excluding hydrogens is 212 g/mol. The summed E-state index contributed by atoms with van der Waals surface area (Å²) in [5, 5.41) is 9.11. The number of para-hydroxylation sites is 2. The molecule has 0 bridgehead atoms. The molecule has 3 heteroatoms. The molecule has 0 aliphatic heterocycles. The van der Waals surface area contributed by atoms with Crippen molar-refractivity contribution in [1.29, 1.82) is 0 Å². The highest BCUT2D eigenvalue weighted by atomic mass is 16.3. The number of benzene rings is 1. The minimum atomic E-state index is 0.157. The Bertz CT molecular complexity index is 490. The summed E-state index contributed by atoms with van der Waals surface area (Å²) in [4.78, 5) is 4.59. The number of aliphatic hydroxyl groups is 1. The van der Waals surface area contributed by atoms with Gasteiger partial charge in [0.1, 0.15) is 5.82 Å². The van der Waals surface area contributed by atoms with Crippen molar-refractivity contribution >= 4 is 11.0 Å². The lowest BCUT2D eigenvalue weighted by Gasteiger charge is -2.13. The van der Waals surface area contributed by atoms with Gasteiger partial charge in [0.05, 0.1) is 17.6 Å². The van der Waals surface area contributed by atoms with E-state index in [0.29, 0.717) is 12.3 Å². The third kappa shape index (κ3) is 2.50. The molecule has 0 saturated heterocycles. The summed E-state index contributed by atoms with van der Waals surface area (Å²) in [5.41, 5.74) is 2.20. The van der Waals surface area contributed by atoms with Gasteiger partial charge in [-0.2, -0.15) is 0 Å². The number of hydrogen-bond acceptors (Lipinski definition) is 2. The highest BCUT2D eigenvalue weighted by Crippen LogP contribution is 2.19. The first-order valence-corrected chi connectivity index (χ1v) is 6.31. The Balaban J connectivity index is 2.44. The van der Waals surface area contributed by atoms with Crippen molar-refractivity contribution < 1.29 is 5.11 Å². The second-order valence-electron chi connectivity index (χ2n) is 4.61. The summed E-state index contributed by atoms with van der Waals surface area (Å²) in [7, 11) is 0. The Morgan fingerprint density at radius 1 is 1.35 bits per heavy atom. The van der Waals surface area contributed by atoms with Gasteiger partial charge in [0.2, 0.25) is 0 Å². The molecule has 1 unspecified atom stereocenters. The first-order chi connectivity index (χ1) is 8.26. The molecule has 3 nitrogen and oxygen atoms in total. The highest BCUT2D eigenvalue weighted by molar-refractivity contribution is 5.75. The Morgan fingerprint density at radius 2 is 2.12 bits per heavy atom. The molecule has 0 radical (unpaired) electrons. The normalized spacial score (nSPS) is 13.1. The van der Waals surface area contributed by atoms with Gasteiger partial charge in [0.15, 0.2) is 0 Å². The van der Waals surface area contributed by atoms with Crippen molar-refractivity contribution in [3.63, 3.8) is 0 Å². The fraction of sp³-hybridized carbons (Fsp3) is 0.500. The third-order valence-electron chi connectivity index (χ3n) is 3.26. The van der Waals surface area contributed by atoms with Crippen molar-refractivity contribution in [3.05, 3.63) is 30.1 Å². The van der Waals surface area contributed by atoms with Crippen LogP contribution in [0, 0.1) is 5.92 Å². The summed E-state index contributed by atoms with van der Waals surface area (Å²) >= 11 is 0. The van der Waals surface area contributed by atoms with E-state index in [1.165, 1.54) is 5.52 Å². The zero-order valence-electron chi connectivity index (χ0n) is 10.6. The number of aliphatic hydroxyl groups excluding tert-OH is 1. The Kier molecular flexibility index (Phi) is 3.79. The Labute approximate surface area is 102 Å². The second kappa shape index (κ2) is 5.32. The van der Waals surface area contributed by atoms with Gasteiger partial charge in [-0.1, -0.05) is 32.4 Å². The zero-order chi connectivity index (χ0) is 12.3. The standard InChI is InChI=1S/C14H20N2O/c1-3-11(2)10-16-13-7-5-4-6-12(13)15-14(16)8-9-17/h4-7,11,17H,3,8-10H2,1-2H3. The molecular formula is C14H20N2O. The maximum Gasteiger partial charge on any atom is 0.112 e. The molecule has 2 aromatic rings. The number of imidazole rings is 1. The smallest absolute Gasteiger partial charge is 0.112 e. The molecule has 0 aliphatic carbocycles. The van der Waals surface area contributed by atoms with Crippen molar-refractivity contribution in [1.82, 2.24) is 9.55 Å². The lowest BCUT2D eigenvalue weighted by molar-refractivity contribution is 0.293. The van der Waals surface area contributed by atoms with Gasteiger partial charge in [0, 0.05) is 13.0 Å². The maximum atomic E-state index is 9.11. The van der Waals surface area contributed by atoms with Crippen LogP contribution in [0.5, 0.6) is 0 Å². The highest BCUT2D eigenvalue weighted by Gasteiger charge is 2.11. The van der Waals surface area contributed by atoms with Crippen molar-refractivity contribution in [2.45, 2.75) is 33.2 Å². The van der Waals surface area contributed by atoms with Crippen LogP contribution in [0.25, 0.3) is 11.0 Å². The molecule has 1 N–H and O–H groups in total. The van der Waals surface area contributed by atoms with E-state index in [9.17, 15) is 0 Å². The van der Waals surface area contributed by atoms with Gasteiger partial charge in [-0.25, -0.2) is 4.98 Å². The van der Waals surface area contributed by atoms with Crippen molar-refractivity contribution in [2.24, 2.45) is 5.92 Å². The monoisotopic (exact) mass is 232 g/mol. The van der Waals surface area contributed by atoms with E-state index >= 15 is 0 Å². The van der Waals surface area contributed by atoms with E-state index in [4.69, 9.17) is 5.11 Å². The zero-order valence-corrected chi connectivity index (χ0v) is 10.6. The largest absolute Gasteiger partial charge is 0.396 e. The van der Waals surface area contributed by atoms with Gasteiger partial charge >= 0.3 is 0 Å². The van der Waals surface area contributed by atoms with Crippen LogP contribution in [-0.2, 0) is 13.0 Å². The van der Waals surface area contributed by atoms with Crippen molar-refractivity contribution in [2.75, 3.05) is 6.61 Å². The molecule has 0 fully saturated rings. The molecule has 2 rings (SSSR count). The van der Waals surface area contributed by atoms with E-state index in [1.807, 2.05) is 18.2 Å². The Morgan fingerprint density at radius 3 is 2.82 bits per heavy atom. The van der Waals surface area contributed by atoms with E-state index < -0.39 is 0 Å². The van der Waals surface area contributed by atoms with E-state index in [2.05, 4.69) is 29.5 Å². The topological polar surface area (TPSA) is 38.0 Å². The summed E-state index contributed by atoms with van der Waals surface area (Å²) < 4.78 is 2.25. The van der Waals surface area contributed by atoms with E-state index in [1.54, 1.807) is 0 Å². The first-order valence-electron chi connectivity index (χ1n) is 6.31. The number of hydrogen-bond donors (Lipinski definition) is 1. The van der Waals surface area contributed by atoms with Crippen LogP contribution in [0.1, 0.15) is 26.1 Å². The third-order valence-corrected chi connectivity index (χ3v) is 3.26. The average molecular weight is 232 g/mol. The van der Waals surface area contributed by atoms with Crippen LogP contribution in [0.3, 0.4) is 0 Å². The predicted molar refractivity (Wildman–Crippen MR) is 70.0 cm³/mol. The van der Waals surface area contributed by atoms with Crippen LogP contribution >= 0.6 is 0 Å². The van der Waals surface area contributed by atoms with Crippen LogP contribution < -0.4 is 0 Å². The van der Waals surface area contributed by atoms with Gasteiger partial charge in [-0.15, -0.1) is 0 Å². The van der Waals surface area contributed by atoms with Crippen LogP contribution in [0.15, 0.2) is 24.3 Å². The summed E-state index contributed by atoms with van der Waals surface area (Å²) in [6, 6.07) is 8.18. The SMILES string of the molecule is CCC(C)Cn1c(CCO)nc2ccccc21. The van der Waals surface area contributed by atoms with E-state index in [0.717, 1.165) is 24.3 Å². The minimum absolute atomic E-state index is 0.157. The molecule has 1 atom stereocenters. The number of rotatable bonds is 5. The average Bonchev–Trinajstić information content (AvgIpc) is 2.68. The number of aromatic nitrogens is 2. The fourth-order valence-electron chi connectivity index (χ4n) is 2.06. The maximum absolute atomic E-state index is 9.11. The quantitative estimate of drug-likeness (QED) is 0.860. The summed E-state index contributed by atoms with van der Waals surface area (Å²) in [6.07, 6.45) is 1.79. The van der Waals surface area contributed by atoms with Crippen LogP contribution in [0.4, 0.5) is 0 Å². The molecule has 1 aromatic heterocycles. The second-order valence-corrected chi connectivity index (χ2v) is 4.61. The number of nitrogens with zero attached hydrogens (tertiary/aromatic N) is 2. The molecule has 17 heavy (non-hydrogen) atoms. The van der Waals surface area contributed by atoms with Crippen LogP contribution in [0.2, 0.25) is 0 Å². The van der Waals surface area contributed by atoms with Gasteiger partial charge in [-0.3, -0.25) is 0 Å².